The van der Waals surface area contributed by atoms with Gasteiger partial charge in [0, 0.05) is 18.7 Å². The highest BCUT2D eigenvalue weighted by Gasteiger charge is 2.10. The SMILES string of the molecule is CCc1ccccc1OCC(=O)NCCc1[nH]cnc1-c1cccs1. The predicted molar refractivity (Wildman–Crippen MR) is 99.9 cm³/mol. The number of nitrogens with zero attached hydrogens (tertiary/aromatic N) is 1. The number of hydrogen-bond acceptors (Lipinski definition) is 4. The van der Waals surface area contributed by atoms with E-state index in [4.69, 9.17) is 4.74 Å². The molecule has 0 atom stereocenters. The molecule has 2 heterocycles. The molecule has 6 heteroatoms. The third-order valence-corrected chi connectivity index (χ3v) is 4.76. The van der Waals surface area contributed by atoms with E-state index in [1.807, 2.05) is 41.8 Å². The number of benzene rings is 1. The highest BCUT2D eigenvalue weighted by Crippen LogP contribution is 2.25. The zero-order valence-corrected chi connectivity index (χ0v) is 14.9. The van der Waals surface area contributed by atoms with Gasteiger partial charge < -0.3 is 15.0 Å². The Balaban J connectivity index is 1.47. The Bertz CT molecular complexity index is 812. The molecule has 0 aliphatic rings. The van der Waals surface area contributed by atoms with E-state index in [0.717, 1.165) is 34.0 Å². The van der Waals surface area contributed by atoms with Crippen molar-refractivity contribution in [2.45, 2.75) is 19.8 Å². The van der Waals surface area contributed by atoms with Gasteiger partial charge in [-0.3, -0.25) is 4.79 Å². The number of para-hydroxylation sites is 1. The van der Waals surface area contributed by atoms with E-state index in [1.54, 1.807) is 17.7 Å². The average molecular weight is 355 g/mol. The molecule has 0 aliphatic carbocycles. The van der Waals surface area contributed by atoms with Crippen molar-refractivity contribution >= 4 is 17.2 Å². The summed E-state index contributed by atoms with van der Waals surface area (Å²) < 4.78 is 5.63. The molecule has 0 fully saturated rings. The summed E-state index contributed by atoms with van der Waals surface area (Å²) in [4.78, 5) is 20.6. The van der Waals surface area contributed by atoms with Gasteiger partial charge in [-0.15, -0.1) is 11.3 Å². The minimum absolute atomic E-state index is 0.0256. The van der Waals surface area contributed by atoms with Crippen LogP contribution in [0.25, 0.3) is 10.6 Å². The van der Waals surface area contributed by atoms with Gasteiger partial charge in [0.2, 0.25) is 0 Å². The Hall–Kier alpha value is -2.60. The molecule has 1 amide bonds. The Morgan fingerprint density at radius 1 is 1.28 bits per heavy atom. The number of rotatable bonds is 8. The molecule has 0 aliphatic heterocycles. The lowest BCUT2D eigenvalue weighted by molar-refractivity contribution is -0.123. The number of carbonyl (C=O) groups excluding carboxylic acids is 1. The lowest BCUT2D eigenvalue weighted by atomic mass is 10.1. The molecule has 3 aromatic rings. The topological polar surface area (TPSA) is 67.0 Å². The Labute approximate surface area is 151 Å². The summed E-state index contributed by atoms with van der Waals surface area (Å²) in [7, 11) is 0. The first-order chi connectivity index (χ1) is 12.3. The Kier molecular flexibility index (Phi) is 5.85. The van der Waals surface area contributed by atoms with Crippen LogP contribution < -0.4 is 10.1 Å². The molecule has 3 rings (SSSR count). The number of carbonyl (C=O) groups is 1. The van der Waals surface area contributed by atoms with E-state index in [9.17, 15) is 4.79 Å². The molecule has 0 spiro atoms. The maximum atomic E-state index is 12.0. The first kappa shape index (κ1) is 17.2. The second-order valence-electron chi connectivity index (χ2n) is 5.56. The van der Waals surface area contributed by atoms with Crippen LogP contribution in [0.1, 0.15) is 18.2 Å². The minimum Gasteiger partial charge on any atom is -0.483 e. The first-order valence-corrected chi connectivity index (χ1v) is 9.19. The smallest absolute Gasteiger partial charge is 0.257 e. The molecular weight excluding hydrogens is 334 g/mol. The fraction of sp³-hybridized carbons (Fsp3) is 0.263. The second kappa shape index (κ2) is 8.48. The fourth-order valence-electron chi connectivity index (χ4n) is 2.60. The van der Waals surface area contributed by atoms with Crippen molar-refractivity contribution in [1.29, 1.82) is 0 Å². The normalized spacial score (nSPS) is 10.6. The van der Waals surface area contributed by atoms with Gasteiger partial charge in [0.25, 0.3) is 5.91 Å². The summed E-state index contributed by atoms with van der Waals surface area (Å²) in [6.45, 7) is 2.63. The molecule has 0 saturated carbocycles. The molecule has 0 bridgehead atoms. The largest absolute Gasteiger partial charge is 0.483 e. The monoisotopic (exact) mass is 355 g/mol. The van der Waals surface area contributed by atoms with E-state index in [-0.39, 0.29) is 12.5 Å². The number of aromatic nitrogens is 2. The minimum atomic E-state index is -0.122. The fourth-order valence-corrected chi connectivity index (χ4v) is 3.34. The van der Waals surface area contributed by atoms with Gasteiger partial charge in [-0.1, -0.05) is 31.2 Å². The summed E-state index contributed by atoms with van der Waals surface area (Å²) in [6.07, 6.45) is 3.27. The molecule has 2 aromatic heterocycles. The lowest BCUT2D eigenvalue weighted by Crippen LogP contribution is -2.30. The summed E-state index contributed by atoms with van der Waals surface area (Å²) in [5, 5.41) is 4.92. The average Bonchev–Trinajstić information content (AvgIpc) is 3.31. The van der Waals surface area contributed by atoms with E-state index < -0.39 is 0 Å². The number of amides is 1. The highest BCUT2D eigenvalue weighted by molar-refractivity contribution is 7.13. The standard InChI is InChI=1S/C19H21N3O2S/c1-2-14-6-3-4-7-16(14)24-12-18(23)20-10-9-15-19(22-13-21-15)17-8-5-11-25-17/h3-8,11,13H,2,9-10,12H2,1H3,(H,20,23)(H,21,22). The second-order valence-corrected chi connectivity index (χ2v) is 6.50. The van der Waals surface area contributed by atoms with Crippen LogP contribution in [-0.4, -0.2) is 29.0 Å². The molecule has 130 valence electrons. The van der Waals surface area contributed by atoms with Gasteiger partial charge in [-0.2, -0.15) is 0 Å². The number of ether oxygens (including phenoxy) is 1. The number of nitrogens with one attached hydrogen (secondary N) is 2. The van der Waals surface area contributed by atoms with E-state index >= 15 is 0 Å². The zero-order chi connectivity index (χ0) is 17.5. The molecule has 0 radical (unpaired) electrons. The van der Waals surface area contributed by atoms with Crippen LogP contribution in [0.5, 0.6) is 5.75 Å². The van der Waals surface area contributed by atoms with Crippen molar-refractivity contribution in [2.24, 2.45) is 0 Å². The van der Waals surface area contributed by atoms with E-state index in [0.29, 0.717) is 13.0 Å². The number of hydrogen-bond donors (Lipinski definition) is 2. The van der Waals surface area contributed by atoms with Gasteiger partial charge in [0.05, 0.1) is 11.2 Å². The van der Waals surface area contributed by atoms with Gasteiger partial charge in [0.1, 0.15) is 11.4 Å². The summed E-state index contributed by atoms with van der Waals surface area (Å²) in [6, 6.07) is 11.8. The van der Waals surface area contributed by atoms with Crippen LogP contribution in [0.2, 0.25) is 0 Å². The molecule has 0 saturated heterocycles. The van der Waals surface area contributed by atoms with Crippen molar-refractivity contribution < 1.29 is 9.53 Å². The summed E-state index contributed by atoms with van der Waals surface area (Å²) in [5.41, 5.74) is 3.09. The number of aromatic amines is 1. The summed E-state index contributed by atoms with van der Waals surface area (Å²) >= 11 is 1.65. The predicted octanol–water partition coefficient (Wildman–Crippen LogP) is 3.44. The first-order valence-electron chi connectivity index (χ1n) is 8.31. The van der Waals surface area contributed by atoms with Gasteiger partial charge in [0.15, 0.2) is 6.61 Å². The molecule has 2 N–H and O–H groups in total. The molecule has 0 unspecified atom stereocenters. The molecule has 1 aromatic carbocycles. The van der Waals surface area contributed by atoms with Crippen molar-refractivity contribution in [3.63, 3.8) is 0 Å². The molecular formula is C19H21N3O2S. The van der Waals surface area contributed by atoms with Crippen LogP contribution in [-0.2, 0) is 17.6 Å². The molecule has 5 nitrogen and oxygen atoms in total. The molecule has 25 heavy (non-hydrogen) atoms. The Morgan fingerprint density at radius 3 is 2.96 bits per heavy atom. The van der Waals surface area contributed by atoms with Crippen LogP contribution in [0, 0.1) is 0 Å². The van der Waals surface area contributed by atoms with Crippen molar-refractivity contribution in [2.75, 3.05) is 13.2 Å². The summed E-state index contributed by atoms with van der Waals surface area (Å²) in [5.74, 6) is 0.650. The Morgan fingerprint density at radius 2 is 2.16 bits per heavy atom. The zero-order valence-electron chi connectivity index (χ0n) is 14.1. The van der Waals surface area contributed by atoms with Gasteiger partial charge >= 0.3 is 0 Å². The number of aryl methyl sites for hydroxylation is 1. The van der Waals surface area contributed by atoms with Crippen molar-refractivity contribution in [3.8, 4) is 16.3 Å². The quantitative estimate of drug-likeness (QED) is 0.650. The van der Waals surface area contributed by atoms with Crippen molar-refractivity contribution in [1.82, 2.24) is 15.3 Å². The number of H-pyrrole nitrogens is 1. The lowest BCUT2D eigenvalue weighted by Gasteiger charge is -2.10. The highest BCUT2D eigenvalue weighted by atomic mass is 32.1. The van der Waals surface area contributed by atoms with Crippen LogP contribution in [0.15, 0.2) is 48.1 Å². The van der Waals surface area contributed by atoms with E-state index in [1.165, 1.54) is 0 Å². The third kappa shape index (κ3) is 4.48. The number of imidazole rings is 1. The van der Waals surface area contributed by atoms with Crippen LogP contribution in [0.3, 0.4) is 0 Å². The van der Waals surface area contributed by atoms with Gasteiger partial charge in [-0.25, -0.2) is 4.98 Å². The van der Waals surface area contributed by atoms with Crippen LogP contribution >= 0.6 is 11.3 Å². The third-order valence-electron chi connectivity index (χ3n) is 3.88. The van der Waals surface area contributed by atoms with E-state index in [2.05, 4.69) is 22.2 Å². The maximum absolute atomic E-state index is 12.0. The van der Waals surface area contributed by atoms with Crippen LogP contribution in [0.4, 0.5) is 0 Å². The van der Waals surface area contributed by atoms with Crippen molar-refractivity contribution in [3.05, 3.63) is 59.4 Å². The van der Waals surface area contributed by atoms with Gasteiger partial charge in [-0.05, 0) is 29.5 Å². The maximum Gasteiger partial charge on any atom is 0.257 e. The number of thiophene rings is 1.